The van der Waals surface area contributed by atoms with E-state index in [1.54, 1.807) is 17.4 Å². The van der Waals surface area contributed by atoms with Gasteiger partial charge in [-0.15, -0.1) is 0 Å². The first kappa shape index (κ1) is 25.2. The monoisotopic (exact) mass is 510 g/mol. The molecule has 1 aliphatic heterocycles. The SMILES string of the molecule is Cc1ccc(Oc2ccc(Nc3ncnc4ccc(C=CCNC(=O)N5CCOCC5)cc34)cc2C)cn1. The van der Waals surface area contributed by atoms with E-state index in [0.29, 0.717) is 44.4 Å². The Morgan fingerprint density at radius 2 is 1.92 bits per heavy atom. The van der Waals surface area contributed by atoms with Crippen molar-refractivity contribution in [1.82, 2.24) is 25.2 Å². The number of aromatic nitrogens is 3. The molecule has 4 aromatic rings. The number of nitrogens with zero attached hydrogens (tertiary/aromatic N) is 4. The van der Waals surface area contributed by atoms with Gasteiger partial charge in [0.15, 0.2) is 0 Å². The summed E-state index contributed by atoms with van der Waals surface area (Å²) in [6.07, 6.45) is 7.18. The summed E-state index contributed by atoms with van der Waals surface area (Å²) in [5.74, 6) is 2.17. The average Bonchev–Trinajstić information content (AvgIpc) is 2.94. The molecule has 0 bridgehead atoms. The van der Waals surface area contributed by atoms with Crippen molar-refractivity contribution < 1.29 is 14.3 Å². The number of fused-ring (bicyclic) bond motifs is 1. The maximum Gasteiger partial charge on any atom is 0.317 e. The normalized spacial score (nSPS) is 13.6. The van der Waals surface area contributed by atoms with E-state index in [4.69, 9.17) is 9.47 Å². The van der Waals surface area contributed by atoms with E-state index < -0.39 is 0 Å². The number of pyridine rings is 1. The minimum absolute atomic E-state index is 0.0707. The topological polar surface area (TPSA) is 102 Å². The molecular weight excluding hydrogens is 480 g/mol. The molecule has 9 nitrogen and oxygen atoms in total. The fourth-order valence-electron chi connectivity index (χ4n) is 4.12. The van der Waals surface area contributed by atoms with Crippen molar-refractivity contribution in [2.75, 3.05) is 38.2 Å². The number of carbonyl (C=O) groups excluding carboxylic acids is 1. The van der Waals surface area contributed by atoms with Crippen LogP contribution in [0.1, 0.15) is 16.8 Å². The number of aryl methyl sites for hydroxylation is 2. The molecule has 1 saturated heterocycles. The highest BCUT2D eigenvalue weighted by Gasteiger charge is 2.15. The van der Waals surface area contributed by atoms with E-state index in [1.807, 2.05) is 74.5 Å². The Morgan fingerprint density at radius 3 is 2.71 bits per heavy atom. The molecule has 2 aromatic heterocycles. The summed E-state index contributed by atoms with van der Waals surface area (Å²) < 4.78 is 11.3. The number of morpholine rings is 1. The third kappa shape index (κ3) is 6.24. The highest BCUT2D eigenvalue weighted by atomic mass is 16.5. The number of amides is 2. The number of carbonyl (C=O) groups is 1. The van der Waals surface area contributed by atoms with Gasteiger partial charge in [0.25, 0.3) is 0 Å². The Balaban J connectivity index is 1.26. The molecule has 3 heterocycles. The van der Waals surface area contributed by atoms with Gasteiger partial charge < -0.3 is 25.0 Å². The van der Waals surface area contributed by atoms with Gasteiger partial charge in [-0.3, -0.25) is 4.98 Å². The van der Waals surface area contributed by atoms with Crippen molar-refractivity contribution >= 4 is 34.5 Å². The predicted octanol–water partition coefficient (Wildman–Crippen LogP) is 5.23. The Hall–Kier alpha value is -4.50. The number of urea groups is 1. The van der Waals surface area contributed by atoms with Crippen LogP contribution in [0, 0.1) is 13.8 Å². The molecule has 1 fully saturated rings. The number of ether oxygens (including phenoxy) is 2. The second-order valence-corrected chi connectivity index (χ2v) is 9.03. The maximum atomic E-state index is 12.2. The lowest BCUT2D eigenvalue weighted by molar-refractivity contribution is 0.0534. The summed E-state index contributed by atoms with van der Waals surface area (Å²) in [6.45, 7) is 6.80. The quantitative estimate of drug-likeness (QED) is 0.351. The van der Waals surface area contributed by atoms with Gasteiger partial charge >= 0.3 is 6.03 Å². The highest BCUT2D eigenvalue weighted by molar-refractivity contribution is 5.92. The zero-order valence-electron chi connectivity index (χ0n) is 21.5. The van der Waals surface area contributed by atoms with Gasteiger partial charge in [0, 0.05) is 36.4 Å². The third-order valence-corrected chi connectivity index (χ3v) is 6.19. The fraction of sp³-hybridized carbons (Fsp3) is 0.241. The van der Waals surface area contributed by atoms with Crippen LogP contribution in [-0.4, -0.2) is 58.7 Å². The first-order valence-electron chi connectivity index (χ1n) is 12.6. The van der Waals surface area contributed by atoms with E-state index in [1.165, 1.54) is 0 Å². The summed E-state index contributed by atoms with van der Waals surface area (Å²) in [6, 6.07) is 15.7. The minimum atomic E-state index is -0.0707. The Labute approximate surface area is 221 Å². The van der Waals surface area contributed by atoms with Gasteiger partial charge in [-0.1, -0.05) is 18.2 Å². The second kappa shape index (κ2) is 11.7. The molecule has 2 aromatic carbocycles. The first-order valence-corrected chi connectivity index (χ1v) is 12.6. The highest BCUT2D eigenvalue weighted by Crippen LogP contribution is 2.30. The van der Waals surface area contributed by atoms with Crippen LogP contribution in [0.5, 0.6) is 11.5 Å². The number of hydrogen-bond donors (Lipinski definition) is 2. The third-order valence-electron chi connectivity index (χ3n) is 6.19. The molecule has 0 saturated carbocycles. The van der Waals surface area contributed by atoms with E-state index in [0.717, 1.165) is 39.2 Å². The van der Waals surface area contributed by atoms with Crippen LogP contribution in [0.15, 0.2) is 67.1 Å². The number of anilines is 2. The zero-order valence-corrected chi connectivity index (χ0v) is 21.5. The lowest BCUT2D eigenvalue weighted by Crippen LogP contribution is -2.46. The van der Waals surface area contributed by atoms with Gasteiger partial charge in [0.05, 0.1) is 24.9 Å². The average molecular weight is 511 g/mol. The lowest BCUT2D eigenvalue weighted by Gasteiger charge is -2.26. The summed E-state index contributed by atoms with van der Waals surface area (Å²) in [7, 11) is 0. The van der Waals surface area contributed by atoms with Crippen LogP contribution in [0.3, 0.4) is 0 Å². The van der Waals surface area contributed by atoms with Crippen LogP contribution in [-0.2, 0) is 4.74 Å². The van der Waals surface area contributed by atoms with Crippen molar-refractivity contribution in [1.29, 1.82) is 0 Å². The van der Waals surface area contributed by atoms with Crippen LogP contribution >= 0.6 is 0 Å². The summed E-state index contributed by atoms with van der Waals surface area (Å²) in [4.78, 5) is 27.2. The van der Waals surface area contributed by atoms with Gasteiger partial charge in [0.2, 0.25) is 0 Å². The minimum Gasteiger partial charge on any atom is -0.455 e. The van der Waals surface area contributed by atoms with Crippen LogP contribution in [0.4, 0.5) is 16.3 Å². The standard InChI is InChI=1S/C29H30N6O3/c1-20-16-23(7-10-27(20)38-24-8-5-21(2)31-18-24)34-28-25-17-22(6-9-26(25)32-19-33-28)4-3-11-30-29(36)35-12-14-37-15-13-35/h3-10,16-19H,11-15H2,1-2H3,(H,30,36)(H,32,33,34). The maximum absolute atomic E-state index is 12.2. The Morgan fingerprint density at radius 1 is 1.05 bits per heavy atom. The van der Waals surface area contributed by atoms with Gasteiger partial charge in [-0.2, -0.15) is 0 Å². The second-order valence-electron chi connectivity index (χ2n) is 9.03. The molecule has 1 aliphatic rings. The largest absolute Gasteiger partial charge is 0.455 e. The summed E-state index contributed by atoms with van der Waals surface area (Å²) in [5.41, 5.74) is 4.65. The van der Waals surface area contributed by atoms with Crippen molar-refractivity contribution in [3.05, 3.63) is 84.0 Å². The molecule has 9 heteroatoms. The molecule has 2 amide bonds. The van der Waals surface area contributed by atoms with Crippen LogP contribution in [0.2, 0.25) is 0 Å². The Bertz CT molecular complexity index is 1450. The summed E-state index contributed by atoms with van der Waals surface area (Å²) >= 11 is 0. The smallest absolute Gasteiger partial charge is 0.317 e. The zero-order chi connectivity index (χ0) is 26.3. The number of benzene rings is 2. The van der Waals surface area contributed by atoms with Crippen LogP contribution < -0.4 is 15.4 Å². The van der Waals surface area contributed by atoms with Gasteiger partial charge in [-0.05, 0) is 67.4 Å². The van der Waals surface area contributed by atoms with Crippen molar-refractivity contribution in [3.63, 3.8) is 0 Å². The Kier molecular flexibility index (Phi) is 7.75. The molecule has 5 rings (SSSR count). The van der Waals surface area contributed by atoms with Crippen LogP contribution in [0.25, 0.3) is 17.0 Å². The first-order chi connectivity index (χ1) is 18.5. The lowest BCUT2D eigenvalue weighted by atomic mass is 10.1. The molecule has 0 aliphatic carbocycles. The molecule has 2 N–H and O–H groups in total. The van der Waals surface area contributed by atoms with Gasteiger partial charge in [0.1, 0.15) is 23.6 Å². The van der Waals surface area contributed by atoms with Crippen molar-refractivity contribution in [2.45, 2.75) is 13.8 Å². The van der Waals surface area contributed by atoms with E-state index >= 15 is 0 Å². The van der Waals surface area contributed by atoms with Crippen molar-refractivity contribution in [2.24, 2.45) is 0 Å². The molecule has 0 unspecified atom stereocenters. The summed E-state index contributed by atoms with van der Waals surface area (Å²) in [5, 5.41) is 7.24. The van der Waals surface area contributed by atoms with Gasteiger partial charge in [-0.25, -0.2) is 14.8 Å². The van der Waals surface area contributed by atoms with E-state index in [9.17, 15) is 4.79 Å². The molecule has 0 spiro atoms. The van der Waals surface area contributed by atoms with E-state index in [2.05, 4.69) is 25.6 Å². The number of nitrogens with one attached hydrogen (secondary N) is 2. The fourth-order valence-corrected chi connectivity index (χ4v) is 4.12. The molecule has 38 heavy (non-hydrogen) atoms. The molecular formula is C29H30N6O3. The predicted molar refractivity (Wildman–Crippen MR) is 148 cm³/mol. The molecule has 0 atom stereocenters. The molecule has 0 radical (unpaired) electrons. The van der Waals surface area contributed by atoms with E-state index in [-0.39, 0.29) is 6.03 Å². The molecule has 194 valence electrons. The van der Waals surface area contributed by atoms with Crippen molar-refractivity contribution in [3.8, 4) is 11.5 Å². The number of hydrogen-bond acceptors (Lipinski definition) is 7. The number of rotatable bonds is 7.